The highest BCUT2D eigenvalue weighted by Crippen LogP contribution is 2.28. The van der Waals surface area contributed by atoms with E-state index in [1.165, 1.54) is 9.47 Å². The smallest absolute Gasteiger partial charge is 0.408 e. The second kappa shape index (κ2) is 6.83. The molecule has 0 fully saturated rings. The van der Waals surface area contributed by atoms with Gasteiger partial charge in [-0.1, -0.05) is 39.7 Å². The lowest BCUT2D eigenvalue weighted by atomic mass is 10.2. The lowest BCUT2D eigenvalue weighted by Gasteiger charge is -2.19. The van der Waals surface area contributed by atoms with Gasteiger partial charge in [0.2, 0.25) is 5.91 Å². The average molecular weight is 410 g/mol. The molecule has 0 radical (unpaired) electrons. The molecule has 1 aromatic heterocycles. The molecule has 2 aromatic carbocycles. The molecular formula is C17H14BrClN2O3. The van der Waals surface area contributed by atoms with Crippen LogP contribution >= 0.6 is 27.5 Å². The van der Waals surface area contributed by atoms with Gasteiger partial charge in [-0.3, -0.25) is 9.36 Å². The number of benzene rings is 2. The van der Waals surface area contributed by atoms with Gasteiger partial charge >= 0.3 is 5.76 Å². The van der Waals surface area contributed by atoms with E-state index in [4.69, 9.17) is 16.0 Å². The predicted molar refractivity (Wildman–Crippen MR) is 97.7 cm³/mol. The van der Waals surface area contributed by atoms with Gasteiger partial charge in [-0.05, 0) is 30.3 Å². The number of anilines is 1. The van der Waals surface area contributed by atoms with Crippen molar-refractivity contribution in [3.05, 3.63) is 62.5 Å². The third kappa shape index (κ3) is 3.25. The van der Waals surface area contributed by atoms with E-state index in [1.54, 1.807) is 37.4 Å². The zero-order valence-corrected chi connectivity index (χ0v) is 15.2. The van der Waals surface area contributed by atoms with Crippen molar-refractivity contribution in [1.82, 2.24) is 4.57 Å². The summed E-state index contributed by atoms with van der Waals surface area (Å²) >= 11 is 9.51. The van der Waals surface area contributed by atoms with Gasteiger partial charge in [0.15, 0.2) is 5.58 Å². The number of halogens is 2. The molecule has 0 aliphatic rings. The SMILES string of the molecule is CN(C(=O)CCn1c(=O)oc2ccccc21)c1ccc(Br)cc1Cl. The molecule has 0 N–H and O–H groups in total. The van der Waals surface area contributed by atoms with Crippen molar-refractivity contribution in [2.75, 3.05) is 11.9 Å². The molecule has 0 spiro atoms. The lowest BCUT2D eigenvalue weighted by Crippen LogP contribution is -2.28. The largest absolute Gasteiger partial charge is 0.419 e. The minimum absolute atomic E-state index is 0.142. The Hall–Kier alpha value is -2.05. The van der Waals surface area contributed by atoms with E-state index in [0.29, 0.717) is 21.8 Å². The predicted octanol–water partition coefficient (Wildman–Crippen LogP) is 4.06. The number of carbonyl (C=O) groups excluding carboxylic acids is 1. The van der Waals surface area contributed by atoms with Gasteiger partial charge < -0.3 is 9.32 Å². The highest BCUT2D eigenvalue weighted by Gasteiger charge is 2.16. The van der Waals surface area contributed by atoms with Crippen molar-refractivity contribution in [2.24, 2.45) is 0 Å². The Kier molecular flexibility index (Phi) is 4.78. The van der Waals surface area contributed by atoms with Crippen LogP contribution in [0.15, 0.2) is 56.1 Å². The summed E-state index contributed by atoms with van der Waals surface area (Å²) < 4.78 is 7.47. The van der Waals surface area contributed by atoms with Crippen LogP contribution in [0.1, 0.15) is 6.42 Å². The van der Waals surface area contributed by atoms with Gasteiger partial charge in [-0.15, -0.1) is 0 Å². The Bertz CT molecular complexity index is 964. The molecule has 24 heavy (non-hydrogen) atoms. The van der Waals surface area contributed by atoms with Crippen LogP contribution in [0.5, 0.6) is 0 Å². The summed E-state index contributed by atoms with van der Waals surface area (Å²) in [6.07, 6.45) is 0.159. The second-order valence-corrected chi connectivity index (χ2v) is 6.61. The van der Waals surface area contributed by atoms with Crippen LogP contribution in [-0.4, -0.2) is 17.5 Å². The van der Waals surface area contributed by atoms with Crippen LogP contribution in [0.4, 0.5) is 5.69 Å². The highest BCUT2D eigenvalue weighted by atomic mass is 79.9. The number of carbonyl (C=O) groups is 1. The topological polar surface area (TPSA) is 55.5 Å². The van der Waals surface area contributed by atoms with E-state index in [-0.39, 0.29) is 18.9 Å². The number of aryl methyl sites for hydroxylation is 1. The number of oxazole rings is 1. The molecular weight excluding hydrogens is 396 g/mol. The maximum Gasteiger partial charge on any atom is 0.419 e. The fourth-order valence-corrected chi connectivity index (χ4v) is 3.29. The molecule has 0 aliphatic heterocycles. The van der Waals surface area contributed by atoms with Crippen LogP contribution in [0.2, 0.25) is 5.02 Å². The number of amides is 1. The maximum atomic E-state index is 12.4. The fourth-order valence-electron chi connectivity index (χ4n) is 2.49. The molecule has 5 nitrogen and oxygen atoms in total. The average Bonchev–Trinajstić information content (AvgIpc) is 2.87. The summed E-state index contributed by atoms with van der Waals surface area (Å²) in [5.41, 5.74) is 1.81. The second-order valence-electron chi connectivity index (χ2n) is 5.29. The lowest BCUT2D eigenvalue weighted by molar-refractivity contribution is -0.118. The zero-order chi connectivity index (χ0) is 17.3. The van der Waals surface area contributed by atoms with Crippen molar-refractivity contribution in [3.63, 3.8) is 0 Å². The van der Waals surface area contributed by atoms with E-state index >= 15 is 0 Å². The number of para-hydroxylation sites is 2. The molecule has 124 valence electrons. The quantitative estimate of drug-likeness (QED) is 0.653. The Labute approximate surface area is 151 Å². The van der Waals surface area contributed by atoms with Crippen LogP contribution in [0.25, 0.3) is 11.1 Å². The molecule has 1 heterocycles. The van der Waals surface area contributed by atoms with Crippen molar-refractivity contribution < 1.29 is 9.21 Å². The van der Waals surface area contributed by atoms with Gasteiger partial charge in [-0.2, -0.15) is 0 Å². The van der Waals surface area contributed by atoms with Gasteiger partial charge in [0, 0.05) is 24.5 Å². The van der Waals surface area contributed by atoms with Crippen LogP contribution in [0, 0.1) is 0 Å². The maximum absolute atomic E-state index is 12.4. The molecule has 7 heteroatoms. The Morgan fingerprint density at radius 1 is 1.29 bits per heavy atom. The molecule has 0 atom stereocenters. The molecule has 0 unspecified atom stereocenters. The molecule has 0 aliphatic carbocycles. The Morgan fingerprint density at radius 2 is 2.04 bits per heavy atom. The van der Waals surface area contributed by atoms with Gasteiger partial charge in [0.25, 0.3) is 0 Å². The van der Waals surface area contributed by atoms with Crippen molar-refractivity contribution in [1.29, 1.82) is 0 Å². The Balaban J connectivity index is 1.77. The minimum Gasteiger partial charge on any atom is -0.408 e. The van der Waals surface area contributed by atoms with Crippen molar-refractivity contribution in [3.8, 4) is 0 Å². The van der Waals surface area contributed by atoms with Crippen LogP contribution in [0.3, 0.4) is 0 Å². The molecule has 0 saturated carbocycles. The molecule has 1 amide bonds. The van der Waals surface area contributed by atoms with Gasteiger partial charge in [0.05, 0.1) is 16.2 Å². The number of fused-ring (bicyclic) bond motifs is 1. The van der Waals surface area contributed by atoms with E-state index in [9.17, 15) is 9.59 Å². The fraction of sp³-hybridized carbons (Fsp3) is 0.176. The number of rotatable bonds is 4. The van der Waals surface area contributed by atoms with Gasteiger partial charge in [-0.25, -0.2) is 4.79 Å². The summed E-state index contributed by atoms with van der Waals surface area (Å²) in [6.45, 7) is 0.243. The van der Waals surface area contributed by atoms with E-state index in [1.807, 2.05) is 12.1 Å². The molecule has 0 bridgehead atoms. The first-order chi connectivity index (χ1) is 11.5. The van der Waals surface area contributed by atoms with Gasteiger partial charge in [0.1, 0.15) is 0 Å². The minimum atomic E-state index is -0.465. The summed E-state index contributed by atoms with van der Waals surface area (Å²) in [5, 5.41) is 0.478. The molecule has 0 saturated heterocycles. The standard InChI is InChI=1S/C17H14BrClN2O3/c1-20(13-7-6-11(18)10-12(13)19)16(22)8-9-21-14-4-2-3-5-15(14)24-17(21)23/h2-7,10H,8-9H2,1H3. The number of hydrogen-bond acceptors (Lipinski definition) is 3. The molecule has 3 aromatic rings. The van der Waals surface area contributed by atoms with E-state index in [2.05, 4.69) is 15.9 Å². The number of aromatic nitrogens is 1. The summed E-state index contributed by atoms with van der Waals surface area (Å²) in [5.74, 6) is -0.607. The first kappa shape index (κ1) is 16.8. The monoisotopic (exact) mass is 408 g/mol. The molecule has 3 rings (SSSR count). The van der Waals surface area contributed by atoms with Crippen molar-refractivity contribution in [2.45, 2.75) is 13.0 Å². The summed E-state index contributed by atoms with van der Waals surface area (Å²) in [6, 6.07) is 12.5. The third-order valence-electron chi connectivity index (χ3n) is 3.77. The third-order valence-corrected chi connectivity index (χ3v) is 4.56. The normalized spacial score (nSPS) is 11.0. The zero-order valence-electron chi connectivity index (χ0n) is 12.8. The van der Waals surface area contributed by atoms with Crippen molar-refractivity contribution >= 4 is 50.2 Å². The van der Waals surface area contributed by atoms with E-state index in [0.717, 1.165) is 4.47 Å². The number of nitrogens with zero attached hydrogens (tertiary/aromatic N) is 2. The van der Waals surface area contributed by atoms with Crippen LogP contribution in [-0.2, 0) is 11.3 Å². The highest BCUT2D eigenvalue weighted by molar-refractivity contribution is 9.10. The summed E-state index contributed by atoms with van der Waals surface area (Å²) in [4.78, 5) is 25.8. The first-order valence-corrected chi connectivity index (χ1v) is 8.44. The first-order valence-electron chi connectivity index (χ1n) is 7.27. The summed E-state index contributed by atoms with van der Waals surface area (Å²) in [7, 11) is 1.66. The number of hydrogen-bond donors (Lipinski definition) is 0. The van der Waals surface area contributed by atoms with E-state index < -0.39 is 5.76 Å². The Morgan fingerprint density at radius 3 is 2.79 bits per heavy atom. The van der Waals surface area contributed by atoms with Crippen LogP contribution < -0.4 is 10.7 Å².